The maximum atomic E-state index is 12.2. The highest BCUT2D eigenvalue weighted by atomic mass is 16.1. The molecule has 0 aliphatic rings. The van der Waals surface area contributed by atoms with E-state index < -0.39 is 0 Å². The van der Waals surface area contributed by atoms with E-state index in [1.165, 1.54) is 11.1 Å². The van der Waals surface area contributed by atoms with Crippen molar-refractivity contribution < 1.29 is 0 Å². The number of H-pyrrole nitrogens is 1. The van der Waals surface area contributed by atoms with Crippen molar-refractivity contribution in [3.05, 3.63) is 75.8 Å². The van der Waals surface area contributed by atoms with E-state index in [4.69, 9.17) is 0 Å². The summed E-state index contributed by atoms with van der Waals surface area (Å²) in [4.78, 5) is 22.0. The number of fused-ring (bicyclic) bond motifs is 1. The molecule has 0 bridgehead atoms. The molecule has 4 heteroatoms. The van der Waals surface area contributed by atoms with Gasteiger partial charge in [0.1, 0.15) is 5.82 Å². The highest BCUT2D eigenvalue weighted by Crippen LogP contribution is 2.16. The average molecular weight is 335 g/mol. The minimum absolute atomic E-state index is 0.0714. The first-order valence-corrected chi connectivity index (χ1v) is 8.86. The van der Waals surface area contributed by atoms with Gasteiger partial charge in [-0.1, -0.05) is 57.2 Å². The van der Waals surface area contributed by atoms with Gasteiger partial charge in [0.05, 0.1) is 17.4 Å². The lowest BCUT2D eigenvalue weighted by Crippen LogP contribution is -2.25. The van der Waals surface area contributed by atoms with Gasteiger partial charge in [-0.15, -0.1) is 0 Å². The zero-order chi connectivity index (χ0) is 17.8. The Labute approximate surface area is 148 Å². The van der Waals surface area contributed by atoms with Crippen LogP contribution in [0.25, 0.3) is 10.9 Å². The van der Waals surface area contributed by atoms with Crippen LogP contribution < -0.4 is 5.56 Å². The third-order valence-electron chi connectivity index (χ3n) is 4.54. The molecule has 130 valence electrons. The Morgan fingerprint density at radius 2 is 1.76 bits per heavy atom. The van der Waals surface area contributed by atoms with E-state index >= 15 is 0 Å². The van der Waals surface area contributed by atoms with Crippen LogP contribution in [0.2, 0.25) is 0 Å². The van der Waals surface area contributed by atoms with E-state index in [2.05, 4.69) is 59.9 Å². The van der Waals surface area contributed by atoms with Crippen LogP contribution in [-0.4, -0.2) is 21.4 Å². The summed E-state index contributed by atoms with van der Waals surface area (Å²) < 4.78 is 0. The smallest absolute Gasteiger partial charge is 0.258 e. The summed E-state index contributed by atoms with van der Waals surface area (Å²) in [6, 6.07) is 16.2. The lowest BCUT2D eigenvalue weighted by Gasteiger charge is -2.20. The molecular formula is C21H25N3O. The third-order valence-corrected chi connectivity index (χ3v) is 4.54. The van der Waals surface area contributed by atoms with Crippen LogP contribution in [0.5, 0.6) is 0 Å². The first-order valence-electron chi connectivity index (χ1n) is 8.86. The van der Waals surface area contributed by atoms with E-state index in [0.29, 0.717) is 23.7 Å². The summed E-state index contributed by atoms with van der Waals surface area (Å²) >= 11 is 0. The second-order valence-electron chi connectivity index (χ2n) is 6.73. The van der Waals surface area contributed by atoms with Crippen molar-refractivity contribution in [1.82, 2.24) is 14.9 Å². The van der Waals surface area contributed by atoms with Crippen LogP contribution in [0, 0.1) is 0 Å². The van der Waals surface area contributed by atoms with Gasteiger partial charge in [-0.05, 0) is 35.7 Å². The van der Waals surface area contributed by atoms with Gasteiger partial charge in [0, 0.05) is 6.54 Å². The molecule has 1 heterocycles. The maximum Gasteiger partial charge on any atom is 0.258 e. The summed E-state index contributed by atoms with van der Waals surface area (Å²) in [6.45, 7) is 8.89. The topological polar surface area (TPSA) is 49.0 Å². The van der Waals surface area contributed by atoms with Crippen molar-refractivity contribution in [2.24, 2.45) is 0 Å². The summed E-state index contributed by atoms with van der Waals surface area (Å²) in [6.07, 6.45) is 0. The van der Waals surface area contributed by atoms with E-state index in [0.717, 1.165) is 18.6 Å². The highest BCUT2D eigenvalue weighted by Gasteiger charge is 2.09. The molecule has 0 amide bonds. The fraction of sp³-hybridized carbons (Fsp3) is 0.333. The Kier molecular flexibility index (Phi) is 5.29. The number of nitrogens with zero attached hydrogens (tertiary/aromatic N) is 2. The van der Waals surface area contributed by atoms with E-state index in [1.54, 1.807) is 6.07 Å². The minimum atomic E-state index is -0.0714. The SMILES string of the molecule is CCN(Cc1ccc(C(C)C)cc1)Cc1nc2ccccc2c(=O)[nH]1. The molecule has 0 saturated carbocycles. The predicted octanol–water partition coefficient (Wildman–Crippen LogP) is 4.07. The minimum Gasteiger partial charge on any atom is -0.309 e. The van der Waals surface area contributed by atoms with Crippen molar-refractivity contribution in [3.8, 4) is 0 Å². The molecule has 0 saturated heterocycles. The molecular weight excluding hydrogens is 310 g/mol. The molecule has 0 atom stereocenters. The van der Waals surface area contributed by atoms with Gasteiger partial charge in [-0.2, -0.15) is 0 Å². The predicted molar refractivity (Wildman–Crippen MR) is 103 cm³/mol. The second kappa shape index (κ2) is 7.62. The molecule has 0 aliphatic heterocycles. The molecule has 1 N–H and O–H groups in total. The number of aromatic amines is 1. The Balaban J connectivity index is 1.77. The molecule has 1 aromatic heterocycles. The number of nitrogens with one attached hydrogen (secondary N) is 1. The molecule has 0 fully saturated rings. The Morgan fingerprint density at radius 1 is 1.04 bits per heavy atom. The average Bonchev–Trinajstić information content (AvgIpc) is 2.61. The molecule has 3 rings (SSSR count). The number of rotatable bonds is 6. The zero-order valence-electron chi connectivity index (χ0n) is 15.1. The quantitative estimate of drug-likeness (QED) is 0.739. The van der Waals surface area contributed by atoms with Gasteiger partial charge in [0.25, 0.3) is 5.56 Å². The van der Waals surface area contributed by atoms with Crippen molar-refractivity contribution in [3.63, 3.8) is 0 Å². The summed E-state index contributed by atoms with van der Waals surface area (Å²) in [5, 5.41) is 0.638. The van der Waals surface area contributed by atoms with Crippen LogP contribution in [0.15, 0.2) is 53.3 Å². The van der Waals surface area contributed by atoms with Gasteiger partial charge in [0.2, 0.25) is 0 Å². The summed E-state index contributed by atoms with van der Waals surface area (Å²) in [5.41, 5.74) is 3.30. The molecule has 0 unspecified atom stereocenters. The summed E-state index contributed by atoms with van der Waals surface area (Å²) in [5.74, 6) is 1.26. The monoisotopic (exact) mass is 335 g/mol. The van der Waals surface area contributed by atoms with Crippen LogP contribution in [-0.2, 0) is 13.1 Å². The van der Waals surface area contributed by atoms with E-state index in [-0.39, 0.29) is 5.56 Å². The molecule has 0 radical (unpaired) electrons. The van der Waals surface area contributed by atoms with Crippen LogP contribution >= 0.6 is 0 Å². The van der Waals surface area contributed by atoms with Crippen molar-refractivity contribution in [2.75, 3.05) is 6.54 Å². The van der Waals surface area contributed by atoms with Crippen LogP contribution in [0.3, 0.4) is 0 Å². The normalized spacial score (nSPS) is 11.6. The first kappa shape index (κ1) is 17.4. The number of benzene rings is 2. The number of hydrogen-bond acceptors (Lipinski definition) is 3. The van der Waals surface area contributed by atoms with Gasteiger partial charge in [0.15, 0.2) is 0 Å². The van der Waals surface area contributed by atoms with E-state index in [1.807, 2.05) is 18.2 Å². The number of hydrogen-bond donors (Lipinski definition) is 1. The van der Waals surface area contributed by atoms with Gasteiger partial charge in [-0.25, -0.2) is 4.98 Å². The fourth-order valence-electron chi connectivity index (χ4n) is 2.97. The maximum absolute atomic E-state index is 12.2. The van der Waals surface area contributed by atoms with Crippen LogP contribution in [0.4, 0.5) is 0 Å². The highest BCUT2D eigenvalue weighted by molar-refractivity contribution is 5.77. The standard InChI is InChI=1S/C21H25N3O/c1-4-24(13-16-9-11-17(12-10-16)15(2)3)14-20-22-19-8-6-5-7-18(19)21(25)23-20/h5-12,15H,4,13-14H2,1-3H3,(H,22,23,25). The fourth-order valence-corrected chi connectivity index (χ4v) is 2.97. The third kappa shape index (κ3) is 4.15. The first-order chi connectivity index (χ1) is 12.1. The molecule has 0 spiro atoms. The number of aromatic nitrogens is 2. The van der Waals surface area contributed by atoms with Crippen molar-refractivity contribution in [2.45, 2.75) is 39.8 Å². The van der Waals surface area contributed by atoms with Crippen molar-refractivity contribution in [1.29, 1.82) is 0 Å². The van der Waals surface area contributed by atoms with Gasteiger partial charge in [-0.3, -0.25) is 9.69 Å². The van der Waals surface area contributed by atoms with E-state index in [9.17, 15) is 4.79 Å². The van der Waals surface area contributed by atoms with Crippen LogP contribution in [0.1, 0.15) is 43.6 Å². The Morgan fingerprint density at radius 3 is 2.44 bits per heavy atom. The molecule has 2 aromatic carbocycles. The van der Waals surface area contributed by atoms with Crippen molar-refractivity contribution >= 4 is 10.9 Å². The van der Waals surface area contributed by atoms with Gasteiger partial charge >= 0.3 is 0 Å². The lowest BCUT2D eigenvalue weighted by molar-refractivity contribution is 0.264. The molecule has 3 aromatic rings. The molecule has 4 nitrogen and oxygen atoms in total. The lowest BCUT2D eigenvalue weighted by atomic mass is 10.0. The Hall–Kier alpha value is -2.46. The zero-order valence-corrected chi connectivity index (χ0v) is 15.1. The second-order valence-corrected chi connectivity index (χ2v) is 6.73. The summed E-state index contributed by atoms with van der Waals surface area (Å²) in [7, 11) is 0. The van der Waals surface area contributed by atoms with Gasteiger partial charge < -0.3 is 4.98 Å². The Bertz CT molecular complexity index is 897. The largest absolute Gasteiger partial charge is 0.309 e. The molecule has 0 aliphatic carbocycles. The number of para-hydroxylation sites is 1. The molecule has 25 heavy (non-hydrogen) atoms.